The summed E-state index contributed by atoms with van der Waals surface area (Å²) in [5.74, 6) is 0. The van der Waals surface area contributed by atoms with E-state index in [1.54, 1.807) is 0 Å². The van der Waals surface area contributed by atoms with Crippen LogP contribution in [0.4, 0.5) is 0 Å². The predicted molar refractivity (Wildman–Crippen MR) is 54.9 cm³/mol. The van der Waals surface area contributed by atoms with Gasteiger partial charge in [0.15, 0.2) is 0 Å². The largest absolute Gasteiger partial charge is 0.376 e. The summed E-state index contributed by atoms with van der Waals surface area (Å²) < 4.78 is 5.55. The third-order valence-electron chi connectivity index (χ3n) is 2.32. The molecule has 0 bridgehead atoms. The Labute approximate surface area is 83.4 Å². The Hall–Kier alpha value is 0.400. The zero-order valence-corrected chi connectivity index (χ0v) is 9.51. The van der Waals surface area contributed by atoms with Crippen LogP contribution in [0.3, 0.4) is 0 Å². The molecular weight excluding hydrogens is 218 g/mol. The molecule has 3 heteroatoms. The van der Waals surface area contributed by atoms with Crippen LogP contribution in [0.15, 0.2) is 0 Å². The Balaban J connectivity index is 2.28. The van der Waals surface area contributed by atoms with E-state index in [9.17, 15) is 0 Å². The fourth-order valence-electron chi connectivity index (χ4n) is 1.55. The van der Waals surface area contributed by atoms with Crippen molar-refractivity contribution in [2.75, 3.05) is 25.0 Å². The second-order valence-electron chi connectivity index (χ2n) is 3.53. The summed E-state index contributed by atoms with van der Waals surface area (Å²) in [5.41, 5.74) is 0. The summed E-state index contributed by atoms with van der Waals surface area (Å²) >= 11 is 3.45. The first-order valence-electron chi connectivity index (χ1n) is 4.65. The first-order valence-corrected chi connectivity index (χ1v) is 5.77. The Morgan fingerprint density at radius 3 is 2.92 bits per heavy atom. The molecule has 1 rings (SSSR count). The van der Waals surface area contributed by atoms with Crippen molar-refractivity contribution < 1.29 is 4.74 Å². The Morgan fingerprint density at radius 1 is 1.50 bits per heavy atom. The molecule has 1 aliphatic heterocycles. The number of nitrogens with zero attached hydrogens (tertiary/aromatic N) is 1. The number of hydrogen-bond acceptors (Lipinski definition) is 2. The molecule has 2 unspecified atom stereocenters. The van der Waals surface area contributed by atoms with Gasteiger partial charge < -0.3 is 4.74 Å². The van der Waals surface area contributed by atoms with Crippen LogP contribution < -0.4 is 0 Å². The average Bonchev–Trinajstić information content (AvgIpc) is 2.07. The first-order chi connectivity index (χ1) is 5.74. The van der Waals surface area contributed by atoms with Gasteiger partial charge in [-0.1, -0.05) is 15.9 Å². The van der Waals surface area contributed by atoms with E-state index in [1.807, 2.05) is 0 Å². The molecule has 0 aliphatic carbocycles. The third-order valence-corrected chi connectivity index (χ3v) is 2.88. The summed E-state index contributed by atoms with van der Waals surface area (Å²) in [6.45, 7) is 7.56. The highest BCUT2D eigenvalue weighted by Crippen LogP contribution is 2.11. The summed E-state index contributed by atoms with van der Waals surface area (Å²) in [6, 6.07) is 0.597. The molecule has 0 N–H and O–H groups in total. The molecule has 1 heterocycles. The summed E-state index contributed by atoms with van der Waals surface area (Å²) in [7, 11) is 0. The van der Waals surface area contributed by atoms with Crippen molar-refractivity contribution >= 4 is 15.9 Å². The zero-order chi connectivity index (χ0) is 8.97. The molecule has 0 radical (unpaired) electrons. The maximum absolute atomic E-state index is 5.55. The minimum Gasteiger partial charge on any atom is -0.376 e. The topological polar surface area (TPSA) is 12.5 Å². The van der Waals surface area contributed by atoms with Crippen molar-refractivity contribution in [3.05, 3.63) is 0 Å². The molecule has 0 saturated carbocycles. The zero-order valence-electron chi connectivity index (χ0n) is 7.92. The van der Waals surface area contributed by atoms with Crippen LogP contribution in [0.1, 0.15) is 20.3 Å². The lowest BCUT2D eigenvalue weighted by molar-refractivity contribution is -0.0489. The van der Waals surface area contributed by atoms with Gasteiger partial charge in [-0.05, 0) is 26.8 Å². The average molecular weight is 236 g/mol. The molecule has 0 spiro atoms. The highest BCUT2D eigenvalue weighted by atomic mass is 79.9. The van der Waals surface area contributed by atoms with E-state index < -0.39 is 0 Å². The lowest BCUT2D eigenvalue weighted by Crippen LogP contribution is -2.47. The number of rotatable bonds is 3. The highest BCUT2D eigenvalue weighted by molar-refractivity contribution is 9.09. The molecule has 1 fully saturated rings. The molecule has 2 nitrogen and oxygen atoms in total. The minimum absolute atomic E-state index is 0.413. The molecule has 1 aliphatic rings. The maximum atomic E-state index is 5.55. The van der Waals surface area contributed by atoms with Crippen LogP contribution in [0.25, 0.3) is 0 Å². The second-order valence-corrected chi connectivity index (χ2v) is 4.32. The lowest BCUT2D eigenvalue weighted by atomic mass is 10.2. The summed E-state index contributed by atoms with van der Waals surface area (Å²) in [5, 5.41) is 1.10. The van der Waals surface area contributed by atoms with Crippen molar-refractivity contribution in [1.29, 1.82) is 0 Å². The lowest BCUT2D eigenvalue weighted by Gasteiger charge is -2.36. The number of hydrogen-bond donors (Lipinski definition) is 0. The first kappa shape index (κ1) is 10.5. The van der Waals surface area contributed by atoms with Gasteiger partial charge in [0.25, 0.3) is 0 Å². The van der Waals surface area contributed by atoms with Crippen molar-refractivity contribution in [2.24, 2.45) is 0 Å². The van der Waals surface area contributed by atoms with Gasteiger partial charge in [-0.3, -0.25) is 4.90 Å². The molecule has 0 aromatic carbocycles. The van der Waals surface area contributed by atoms with Gasteiger partial charge in [-0.2, -0.15) is 0 Å². The summed E-state index contributed by atoms with van der Waals surface area (Å²) in [4.78, 5) is 2.51. The predicted octanol–water partition coefficient (Wildman–Crippen LogP) is 1.88. The smallest absolute Gasteiger partial charge is 0.0674 e. The third kappa shape index (κ3) is 3.04. The van der Waals surface area contributed by atoms with E-state index >= 15 is 0 Å². The van der Waals surface area contributed by atoms with Crippen molar-refractivity contribution in [3.63, 3.8) is 0 Å². The number of ether oxygens (including phenoxy) is 1. The van der Waals surface area contributed by atoms with Gasteiger partial charge in [0.2, 0.25) is 0 Å². The summed E-state index contributed by atoms with van der Waals surface area (Å²) in [6.07, 6.45) is 1.65. The monoisotopic (exact) mass is 235 g/mol. The molecular formula is C9H18BrNO. The van der Waals surface area contributed by atoms with Gasteiger partial charge in [0, 0.05) is 17.9 Å². The van der Waals surface area contributed by atoms with Crippen LogP contribution in [0.2, 0.25) is 0 Å². The van der Waals surface area contributed by atoms with Crippen molar-refractivity contribution in [1.82, 2.24) is 4.90 Å². The fraction of sp³-hybridized carbons (Fsp3) is 1.00. The van der Waals surface area contributed by atoms with Gasteiger partial charge in [0.1, 0.15) is 0 Å². The van der Waals surface area contributed by atoms with Gasteiger partial charge in [0.05, 0.1) is 12.7 Å². The normalized spacial score (nSPS) is 32.2. The Kier molecular flexibility index (Phi) is 4.54. The van der Waals surface area contributed by atoms with Gasteiger partial charge >= 0.3 is 0 Å². The highest BCUT2D eigenvalue weighted by Gasteiger charge is 2.22. The number of alkyl halides is 1. The van der Waals surface area contributed by atoms with E-state index in [1.165, 1.54) is 13.0 Å². The molecule has 72 valence electrons. The van der Waals surface area contributed by atoms with E-state index in [-0.39, 0.29) is 0 Å². The van der Waals surface area contributed by atoms with E-state index in [0.29, 0.717) is 12.1 Å². The minimum atomic E-state index is 0.413. The number of halogens is 1. The van der Waals surface area contributed by atoms with Gasteiger partial charge in [-0.15, -0.1) is 0 Å². The van der Waals surface area contributed by atoms with E-state index in [0.717, 1.165) is 18.5 Å². The quantitative estimate of drug-likeness (QED) is 0.694. The SMILES string of the molecule is CC1CN(CCCBr)C(C)CO1. The van der Waals surface area contributed by atoms with Crippen LogP contribution in [-0.2, 0) is 4.74 Å². The standard InChI is InChI=1S/C9H18BrNO/c1-8-7-12-9(2)6-11(8)5-3-4-10/h8-9H,3-7H2,1-2H3. The maximum Gasteiger partial charge on any atom is 0.0674 e. The van der Waals surface area contributed by atoms with Crippen LogP contribution in [-0.4, -0.2) is 42.1 Å². The second kappa shape index (κ2) is 5.20. The molecule has 12 heavy (non-hydrogen) atoms. The van der Waals surface area contributed by atoms with Crippen molar-refractivity contribution in [2.45, 2.75) is 32.4 Å². The van der Waals surface area contributed by atoms with Crippen LogP contribution >= 0.6 is 15.9 Å². The van der Waals surface area contributed by atoms with Crippen molar-refractivity contribution in [3.8, 4) is 0 Å². The fourth-order valence-corrected chi connectivity index (χ4v) is 1.80. The number of morpholine rings is 1. The van der Waals surface area contributed by atoms with E-state index in [2.05, 4.69) is 34.7 Å². The molecule has 0 amide bonds. The molecule has 0 aromatic heterocycles. The van der Waals surface area contributed by atoms with E-state index in [4.69, 9.17) is 4.74 Å². The Bertz CT molecular complexity index is 132. The molecule has 2 atom stereocenters. The Morgan fingerprint density at radius 2 is 2.25 bits per heavy atom. The van der Waals surface area contributed by atoms with Gasteiger partial charge in [-0.25, -0.2) is 0 Å². The van der Waals surface area contributed by atoms with Crippen LogP contribution in [0.5, 0.6) is 0 Å². The molecule has 0 aromatic rings. The van der Waals surface area contributed by atoms with Crippen LogP contribution in [0, 0.1) is 0 Å². The molecule has 1 saturated heterocycles.